The number of hydrogen-bond acceptors (Lipinski definition) is 5. The van der Waals surface area contributed by atoms with Crippen molar-refractivity contribution in [3.8, 4) is 5.88 Å². The molecule has 0 amide bonds. The summed E-state index contributed by atoms with van der Waals surface area (Å²) in [6, 6.07) is 9.24. The highest BCUT2D eigenvalue weighted by atomic mass is 35.5. The summed E-state index contributed by atoms with van der Waals surface area (Å²) in [5.41, 5.74) is 4.50. The van der Waals surface area contributed by atoms with E-state index in [4.69, 9.17) is 22.2 Å². The Kier molecular flexibility index (Phi) is 4.68. The molecule has 0 aliphatic heterocycles. The first kappa shape index (κ1) is 13.7. The lowest BCUT2D eigenvalue weighted by atomic mass is 10.0. The van der Waals surface area contributed by atoms with E-state index in [1.807, 2.05) is 24.3 Å². The van der Waals surface area contributed by atoms with Gasteiger partial charge in [0.1, 0.15) is 6.33 Å². The first-order chi connectivity index (χ1) is 9.24. The van der Waals surface area contributed by atoms with Crippen LogP contribution >= 0.6 is 11.6 Å². The van der Waals surface area contributed by atoms with Crippen molar-refractivity contribution >= 4 is 11.6 Å². The summed E-state index contributed by atoms with van der Waals surface area (Å²) < 4.78 is 5.08. The zero-order valence-electron chi connectivity index (χ0n) is 10.5. The van der Waals surface area contributed by atoms with Gasteiger partial charge in [-0.3, -0.25) is 11.3 Å². The molecule has 100 valence electrons. The minimum absolute atomic E-state index is 0.156. The maximum Gasteiger partial charge on any atom is 0.216 e. The first-order valence-electron chi connectivity index (χ1n) is 5.80. The molecule has 5 nitrogen and oxygen atoms in total. The Morgan fingerprint density at radius 1 is 1.37 bits per heavy atom. The molecule has 2 aromatic rings. The summed E-state index contributed by atoms with van der Waals surface area (Å²) in [6.07, 6.45) is 2.08. The Morgan fingerprint density at radius 2 is 2.16 bits per heavy atom. The van der Waals surface area contributed by atoms with Gasteiger partial charge in [-0.25, -0.2) is 9.97 Å². The largest absolute Gasteiger partial charge is 0.481 e. The number of benzene rings is 1. The van der Waals surface area contributed by atoms with Crippen LogP contribution in [-0.2, 0) is 6.42 Å². The van der Waals surface area contributed by atoms with Gasteiger partial charge in [0.2, 0.25) is 5.88 Å². The summed E-state index contributed by atoms with van der Waals surface area (Å²) in [6.45, 7) is 0. The van der Waals surface area contributed by atoms with Gasteiger partial charge in [0.05, 0.1) is 18.8 Å². The molecule has 0 spiro atoms. The van der Waals surface area contributed by atoms with Crippen LogP contribution in [0.3, 0.4) is 0 Å². The van der Waals surface area contributed by atoms with Crippen molar-refractivity contribution in [1.29, 1.82) is 0 Å². The quantitative estimate of drug-likeness (QED) is 0.645. The van der Waals surface area contributed by atoms with Crippen molar-refractivity contribution in [3.63, 3.8) is 0 Å². The highest BCUT2D eigenvalue weighted by Crippen LogP contribution is 2.23. The van der Waals surface area contributed by atoms with Gasteiger partial charge in [0.25, 0.3) is 0 Å². The maximum atomic E-state index is 6.15. The van der Waals surface area contributed by atoms with E-state index >= 15 is 0 Å². The first-order valence-corrected chi connectivity index (χ1v) is 6.18. The van der Waals surface area contributed by atoms with Gasteiger partial charge >= 0.3 is 0 Å². The van der Waals surface area contributed by atoms with Crippen LogP contribution in [0.5, 0.6) is 5.88 Å². The number of halogens is 1. The fourth-order valence-electron chi connectivity index (χ4n) is 1.79. The van der Waals surface area contributed by atoms with Gasteiger partial charge < -0.3 is 4.74 Å². The topological polar surface area (TPSA) is 73.1 Å². The Balaban J connectivity index is 2.22. The predicted octanol–water partition coefficient (Wildman–Crippen LogP) is 1.89. The summed E-state index contributed by atoms with van der Waals surface area (Å²) in [7, 11) is 1.56. The molecule has 1 atom stereocenters. The molecule has 0 aliphatic carbocycles. The van der Waals surface area contributed by atoms with Crippen LogP contribution in [0.25, 0.3) is 0 Å². The zero-order valence-corrected chi connectivity index (χ0v) is 11.3. The van der Waals surface area contributed by atoms with Crippen LogP contribution in [0.15, 0.2) is 36.7 Å². The van der Waals surface area contributed by atoms with Crippen LogP contribution in [0.2, 0.25) is 5.02 Å². The minimum Gasteiger partial charge on any atom is -0.481 e. The average Bonchev–Trinajstić information content (AvgIpc) is 2.46. The van der Waals surface area contributed by atoms with E-state index in [1.165, 1.54) is 6.33 Å². The summed E-state index contributed by atoms with van der Waals surface area (Å²) in [4.78, 5) is 8.18. The van der Waals surface area contributed by atoms with Gasteiger partial charge in [0, 0.05) is 11.1 Å². The van der Waals surface area contributed by atoms with Gasteiger partial charge in [-0.15, -0.1) is 0 Å². The van der Waals surface area contributed by atoms with Gasteiger partial charge in [-0.05, 0) is 18.1 Å². The third-order valence-electron chi connectivity index (χ3n) is 2.81. The molecule has 0 radical (unpaired) electrons. The number of ether oxygens (including phenoxy) is 1. The Morgan fingerprint density at radius 3 is 2.84 bits per heavy atom. The molecule has 1 aromatic carbocycles. The molecule has 6 heteroatoms. The summed E-state index contributed by atoms with van der Waals surface area (Å²) in [5, 5.41) is 0.712. The second-order valence-corrected chi connectivity index (χ2v) is 4.41. The lowest BCUT2D eigenvalue weighted by Crippen LogP contribution is -2.30. The molecule has 1 heterocycles. The smallest absolute Gasteiger partial charge is 0.216 e. The lowest BCUT2D eigenvalue weighted by molar-refractivity contribution is 0.393. The number of aromatic nitrogens is 2. The molecule has 2 rings (SSSR count). The van der Waals surface area contributed by atoms with Gasteiger partial charge in [-0.1, -0.05) is 29.8 Å². The predicted molar refractivity (Wildman–Crippen MR) is 73.8 cm³/mol. The highest BCUT2D eigenvalue weighted by Gasteiger charge is 2.14. The van der Waals surface area contributed by atoms with Gasteiger partial charge in [0.15, 0.2) is 0 Å². The van der Waals surface area contributed by atoms with E-state index < -0.39 is 0 Å². The fraction of sp³-hybridized carbons (Fsp3) is 0.231. The van der Waals surface area contributed by atoms with E-state index in [9.17, 15) is 0 Å². The highest BCUT2D eigenvalue weighted by molar-refractivity contribution is 6.31. The molecule has 0 fully saturated rings. The number of nitrogens with two attached hydrogens (primary N) is 1. The number of nitrogens with zero attached hydrogens (tertiary/aromatic N) is 2. The second-order valence-electron chi connectivity index (χ2n) is 4.00. The lowest BCUT2D eigenvalue weighted by Gasteiger charge is -2.16. The number of nitrogens with one attached hydrogen (secondary N) is 1. The standard InChI is InChI=1S/C13H15ClN4O/c1-19-13-7-11(16-8-17-13)12(18-15)6-9-4-2-3-5-10(9)14/h2-5,7-8,12,18H,6,15H2,1H3. The number of methoxy groups -OCH3 is 1. The van der Waals surface area contributed by atoms with Crippen LogP contribution in [0.4, 0.5) is 0 Å². The molecule has 19 heavy (non-hydrogen) atoms. The van der Waals surface area contributed by atoms with Crippen molar-refractivity contribution < 1.29 is 4.74 Å². The molecule has 0 bridgehead atoms. The van der Waals surface area contributed by atoms with Crippen molar-refractivity contribution in [3.05, 3.63) is 52.9 Å². The molecule has 1 unspecified atom stereocenters. The van der Waals surface area contributed by atoms with E-state index in [-0.39, 0.29) is 6.04 Å². The van der Waals surface area contributed by atoms with Crippen LogP contribution in [0, 0.1) is 0 Å². The van der Waals surface area contributed by atoms with Crippen molar-refractivity contribution in [1.82, 2.24) is 15.4 Å². The molecule has 0 aliphatic rings. The molecule has 0 saturated carbocycles. The summed E-state index contributed by atoms with van der Waals surface area (Å²) >= 11 is 6.15. The van der Waals surface area contributed by atoms with E-state index in [2.05, 4.69) is 15.4 Å². The third-order valence-corrected chi connectivity index (χ3v) is 3.18. The van der Waals surface area contributed by atoms with E-state index in [0.29, 0.717) is 17.3 Å². The molecular weight excluding hydrogens is 264 g/mol. The van der Waals surface area contributed by atoms with Crippen LogP contribution in [0.1, 0.15) is 17.3 Å². The SMILES string of the molecule is COc1cc(C(Cc2ccccc2Cl)NN)ncn1. The second kappa shape index (κ2) is 6.47. The van der Waals surface area contributed by atoms with E-state index in [0.717, 1.165) is 11.3 Å². The monoisotopic (exact) mass is 278 g/mol. The van der Waals surface area contributed by atoms with E-state index in [1.54, 1.807) is 13.2 Å². The zero-order chi connectivity index (χ0) is 13.7. The third kappa shape index (κ3) is 3.41. The van der Waals surface area contributed by atoms with Crippen molar-refractivity contribution in [2.45, 2.75) is 12.5 Å². The Bertz CT molecular complexity index is 550. The number of hydrogen-bond donors (Lipinski definition) is 2. The van der Waals surface area contributed by atoms with Gasteiger partial charge in [-0.2, -0.15) is 0 Å². The maximum absolute atomic E-state index is 6.15. The normalized spacial score (nSPS) is 12.2. The van der Waals surface area contributed by atoms with Crippen LogP contribution in [-0.4, -0.2) is 17.1 Å². The van der Waals surface area contributed by atoms with Crippen LogP contribution < -0.4 is 16.0 Å². The fourth-order valence-corrected chi connectivity index (χ4v) is 2.00. The minimum atomic E-state index is -0.156. The number of rotatable bonds is 5. The molecular formula is C13H15ClN4O. The van der Waals surface area contributed by atoms with Crippen molar-refractivity contribution in [2.75, 3.05) is 7.11 Å². The molecule has 3 N–H and O–H groups in total. The Hall–Kier alpha value is -1.69. The van der Waals surface area contributed by atoms with Crippen molar-refractivity contribution in [2.24, 2.45) is 5.84 Å². The Labute approximate surface area is 116 Å². The number of hydrazine groups is 1. The molecule has 1 aromatic heterocycles. The molecule has 0 saturated heterocycles. The summed E-state index contributed by atoms with van der Waals surface area (Å²) in [5.74, 6) is 6.10. The average molecular weight is 279 g/mol.